The van der Waals surface area contributed by atoms with Crippen LogP contribution in [0.2, 0.25) is 0 Å². The number of hydrogen-bond donors (Lipinski definition) is 3. The zero-order chi connectivity index (χ0) is 39.1. The van der Waals surface area contributed by atoms with Crippen LogP contribution in [-0.4, -0.2) is 17.3 Å². The summed E-state index contributed by atoms with van der Waals surface area (Å²) in [5.41, 5.74) is 10.2. The first-order valence-corrected chi connectivity index (χ1v) is 20.7. The molecule has 8 atom stereocenters. The maximum absolute atomic E-state index is 13.2. The molecule has 0 radical (unpaired) electrons. The molecule has 1 aromatic carbocycles. The van der Waals surface area contributed by atoms with Crippen LogP contribution in [0, 0.1) is 51.2 Å². The summed E-state index contributed by atoms with van der Waals surface area (Å²) in [4.78, 5) is 26.2. The van der Waals surface area contributed by atoms with Crippen molar-refractivity contribution >= 4 is 18.0 Å². The van der Waals surface area contributed by atoms with Gasteiger partial charge in [0.2, 0.25) is 6.41 Å². The van der Waals surface area contributed by atoms with Gasteiger partial charge in [-0.25, -0.2) is 0 Å². The molecule has 0 saturated heterocycles. The number of allylic oxidation sites excluding steroid dienone is 1. The lowest BCUT2D eigenvalue weighted by atomic mass is 9.36. The van der Waals surface area contributed by atoms with Crippen molar-refractivity contribution in [2.75, 3.05) is 0 Å². The van der Waals surface area contributed by atoms with Crippen LogP contribution in [-0.2, 0) is 17.8 Å². The molecule has 5 aliphatic carbocycles. The molecule has 1 heterocycles. The van der Waals surface area contributed by atoms with Gasteiger partial charge in [0.15, 0.2) is 0 Å². The van der Waals surface area contributed by atoms with Crippen molar-refractivity contribution < 1.29 is 9.59 Å². The summed E-state index contributed by atoms with van der Waals surface area (Å²) in [7, 11) is 0. The SMILES string of the molecule is C=C(N=NN)c1ccc(CNC(=O)c2cccc(CCC34CCCC3C3CCC5C(C)(CCC6C(C)(C)CCCC65C)C3CC4)c2)nc1.C=CC.NC=O. The fourth-order valence-corrected chi connectivity index (χ4v) is 13.2. The van der Waals surface area contributed by atoms with E-state index in [0.29, 0.717) is 33.9 Å². The summed E-state index contributed by atoms with van der Waals surface area (Å²) < 4.78 is 0. The van der Waals surface area contributed by atoms with Crippen LogP contribution >= 0.6 is 0 Å². The smallest absolute Gasteiger partial charge is 0.251 e. The Morgan fingerprint density at radius 3 is 2.39 bits per heavy atom. The highest BCUT2D eigenvalue weighted by Crippen LogP contribution is 2.73. The molecule has 2 amide bonds. The van der Waals surface area contributed by atoms with Gasteiger partial charge < -0.3 is 16.9 Å². The monoisotopic (exact) mass is 737 g/mol. The van der Waals surface area contributed by atoms with Crippen LogP contribution in [0.3, 0.4) is 0 Å². The Kier molecular flexibility index (Phi) is 13.3. The fourth-order valence-electron chi connectivity index (χ4n) is 13.2. The van der Waals surface area contributed by atoms with Crippen molar-refractivity contribution in [1.29, 1.82) is 0 Å². The Balaban J connectivity index is 0.000000878. The molecule has 5 N–H and O–H groups in total. The third kappa shape index (κ3) is 8.23. The summed E-state index contributed by atoms with van der Waals surface area (Å²) in [5, 5.41) is 10.1. The first-order chi connectivity index (χ1) is 25.8. The molecule has 5 saturated carbocycles. The number of aryl methyl sites for hydroxylation is 1. The van der Waals surface area contributed by atoms with Gasteiger partial charge in [0.1, 0.15) is 0 Å². The second-order valence-corrected chi connectivity index (χ2v) is 18.4. The molecule has 8 unspecified atom stereocenters. The lowest BCUT2D eigenvalue weighted by Gasteiger charge is -2.68. The normalized spacial score (nSPS) is 33.2. The Hall–Kier alpha value is -3.81. The van der Waals surface area contributed by atoms with Crippen molar-refractivity contribution in [3.63, 3.8) is 0 Å². The van der Waals surface area contributed by atoms with Crippen LogP contribution < -0.4 is 16.9 Å². The third-order valence-corrected chi connectivity index (χ3v) is 15.3. The molecule has 8 nitrogen and oxygen atoms in total. The molecular weight excluding hydrogens is 669 g/mol. The number of primary amides is 1. The number of benzene rings is 1. The second-order valence-electron chi connectivity index (χ2n) is 18.4. The highest BCUT2D eigenvalue weighted by molar-refractivity contribution is 5.94. The van der Waals surface area contributed by atoms with E-state index in [2.05, 4.69) is 85.4 Å². The third-order valence-electron chi connectivity index (χ3n) is 15.3. The molecule has 0 bridgehead atoms. The highest BCUT2D eigenvalue weighted by Gasteiger charge is 2.65. The number of pyridine rings is 1. The molecule has 1 aromatic heterocycles. The predicted molar refractivity (Wildman–Crippen MR) is 220 cm³/mol. The van der Waals surface area contributed by atoms with Gasteiger partial charge in [-0.2, -0.15) is 0 Å². The number of nitrogens with zero attached hydrogens (tertiary/aromatic N) is 3. The maximum Gasteiger partial charge on any atom is 0.251 e. The summed E-state index contributed by atoms with van der Waals surface area (Å²) in [6.45, 7) is 20.1. The summed E-state index contributed by atoms with van der Waals surface area (Å²) in [6.07, 6.45) is 23.3. The quantitative estimate of drug-likeness (QED) is 0.0817. The maximum atomic E-state index is 13.2. The molecule has 0 spiro atoms. The van der Waals surface area contributed by atoms with E-state index in [1.165, 1.54) is 89.0 Å². The molecule has 5 fully saturated rings. The van der Waals surface area contributed by atoms with Gasteiger partial charge in [-0.3, -0.25) is 14.6 Å². The first kappa shape index (κ1) is 41.4. The van der Waals surface area contributed by atoms with Gasteiger partial charge in [0, 0.05) is 17.3 Å². The van der Waals surface area contributed by atoms with E-state index in [0.717, 1.165) is 52.8 Å². The molecule has 294 valence electrons. The average Bonchev–Trinajstić information content (AvgIpc) is 3.58. The summed E-state index contributed by atoms with van der Waals surface area (Å²) in [5.74, 6) is 9.62. The van der Waals surface area contributed by atoms with E-state index in [1.54, 1.807) is 12.3 Å². The van der Waals surface area contributed by atoms with Gasteiger partial charge in [0.05, 0.1) is 17.9 Å². The topological polar surface area (TPSA) is 136 Å². The Morgan fingerprint density at radius 1 is 0.926 bits per heavy atom. The van der Waals surface area contributed by atoms with E-state index in [-0.39, 0.29) is 12.3 Å². The number of nitrogens with one attached hydrogen (secondary N) is 1. The van der Waals surface area contributed by atoms with Gasteiger partial charge in [0.25, 0.3) is 5.91 Å². The van der Waals surface area contributed by atoms with E-state index in [1.807, 2.05) is 25.1 Å². The zero-order valence-corrected chi connectivity index (χ0v) is 33.9. The van der Waals surface area contributed by atoms with Crippen LogP contribution in [0.5, 0.6) is 0 Å². The lowest BCUT2D eigenvalue weighted by Crippen LogP contribution is -2.61. The average molecular weight is 737 g/mol. The number of carbonyl (C=O) groups excluding carboxylic acids is 2. The zero-order valence-electron chi connectivity index (χ0n) is 33.9. The van der Waals surface area contributed by atoms with Crippen LogP contribution in [0.4, 0.5) is 0 Å². The minimum atomic E-state index is -0.0590. The highest BCUT2D eigenvalue weighted by atomic mass is 16.1. The van der Waals surface area contributed by atoms with Crippen molar-refractivity contribution in [2.24, 2.45) is 73.2 Å². The summed E-state index contributed by atoms with van der Waals surface area (Å²) >= 11 is 0. The Labute approximate surface area is 325 Å². The minimum absolute atomic E-state index is 0.0590. The number of aromatic nitrogens is 1. The second kappa shape index (κ2) is 17.3. The van der Waals surface area contributed by atoms with E-state index < -0.39 is 0 Å². The predicted octanol–water partition coefficient (Wildman–Crippen LogP) is 10.4. The Morgan fingerprint density at radius 2 is 1.69 bits per heavy atom. The molecule has 5 aliphatic rings. The van der Waals surface area contributed by atoms with Crippen molar-refractivity contribution in [1.82, 2.24) is 10.3 Å². The number of hydrogen-bond acceptors (Lipinski definition) is 5. The molecule has 7 rings (SSSR count). The standard InChI is InChI=1S/C42H59N5O.C3H6.CH3NO/c1-28(46-47-43)31-12-13-32(44-26-31)27-45-38(48)30-10-6-9-29(25-30)16-23-42-21-7-11-35(42)33-14-15-37-40(4,34(33)17-24-42)22-18-36-39(2,3)19-8-20-41(36,37)5;1-3-2;2-1-3/h6,9-10,12-13,25-26,33-37H,1,7-8,11,14-24,27H2,2-5H3,(H2,43,46)(H,45,48);3H,1H2,2H3;1H,(H2,2,3). The van der Waals surface area contributed by atoms with Gasteiger partial charge in [-0.1, -0.05) is 70.5 Å². The molecule has 0 aliphatic heterocycles. The summed E-state index contributed by atoms with van der Waals surface area (Å²) in [6, 6.07) is 12.1. The number of rotatable bonds is 8. The van der Waals surface area contributed by atoms with E-state index in [4.69, 9.17) is 10.6 Å². The first-order valence-electron chi connectivity index (χ1n) is 20.7. The van der Waals surface area contributed by atoms with Crippen molar-refractivity contribution in [2.45, 2.75) is 131 Å². The molecule has 2 aromatic rings. The van der Waals surface area contributed by atoms with Crippen molar-refractivity contribution in [3.8, 4) is 0 Å². The Bertz CT molecular complexity index is 1650. The van der Waals surface area contributed by atoms with Gasteiger partial charge >= 0.3 is 0 Å². The van der Waals surface area contributed by atoms with Crippen LogP contribution in [0.15, 0.2) is 72.2 Å². The molecule has 8 heteroatoms. The molecule has 54 heavy (non-hydrogen) atoms. The molecular formula is C46H68N6O2. The van der Waals surface area contributed by atoms with Gasteiger partial charge in [-0.15, -0.1) is 11.7 Å². The fraction of sp³-hybridized carbons (Fsp3) is 0.630. The van der Waals surface area contributed by atoms with Crippen LogP contribution in [0.25, 0.3) is 5.70 Å². The van der Waals surface area contributed by atoms with E-state index in [9.17, 15) is 4.79 Å². The lowest BCUT2D eigenvalue weighted by molar-refractivity contribution is -0.195. The van der Waals surface area contributed by atoms with Crippen LogP contribution in [0.1, 0.15) is 145 Å². The minimum Gasteiger partial charge on any atom is -0.372 e. The van der Waals surface area contributed by atoms with Gasteiger partial charge in [-0.05, 0) is 165 Å². The number of fused-ring (bicyclic) bond motifs is 7. The van der Waals surface area contributed by atoms with E-state index >= 15 is 0 Å². The van der Waals surface area contributed by atoms with Crippen molar-refractivity contribution in [3.05, 3.63) is 84.2 Å². The largest absolute Gasteiger partial charge is 0.372 e. The number of amides is 2. The number of nitrogens with two attached hydrogens (primary N) is 2. The number of carbonyl (C=O) groups is 2.